The first-order valence-corrected chi connectivity index (χ1v) is 7.45. The molecule has 0 bridgehead atoms. The highest BCUT2D eigenvalue weighted by atomic mass is 32.1. The number of aliphatic hydroxyl groups is 1. The summed E-state index contributed by atoms with van der Waals surface area (Å²) in [6.45, 7) is 6.78. The quantitative estimate of drug-likeness (QED) is 0.590. The van der Waals surface area contributed by atoms with E-state index in [9.17, 15) is 15.2 Å². The first-order valence-electron chi connectivity index (χ1n) is 6.64. The Morgan fingerprint density at radius 3 is 2.65 bits per heavy atom. The lowest BCUT2D eigenvalue weighted by molar-refractivity contribution is -0.383. The molecule has 0 aliphatic carbocycles. The Kier molecular flexibility index (Phi) is 6.38. The zero-order valence-electron chi connectivity index (χ0n) is 12.3. The summed E-state index contributed by atoms with van der Waals surface area (Å²) in [6.07, 6.45) is 0.177. The van der Waals surface area contributed by atoms with E-state index < -0.39 is 6.10 Å². The zero-order chi connectivity index (χ0) is 15.3. The summed E-state index contributed by atoms with van der Waals surface area (Å²) < 4.78 is 5.09. The Hall–Kier alpha value is -1.18. The number of hydrogen-bond donors (Lipinski definition) is 1. The van der Waals surface area contributed by atoms with E-state index in [1.165, 1.54) is 17.4 Å². The van der Waals surface area contributed by atoms with Crippen LogP contribution < -0.4 is 4.90 Å². The SMILES string of the molecule is CCC(C)N(CCOC)c1sc([C@@H](C)O)cc1[N+](=O)[O-]. The molecule has 6 nitrogen and oxygen atoms in total. The summed E-state index contributed by atoms with van der Waals surface area (Å²) in [4.78, 5) is 13.4. The lowest BCUT2D eigenvalue weighted by Crippen LogP contribution is -2.35. The number of nitro groups is 1. The summed E-state index contributed by atoms with van der Waals surface area (Å²) in [6, 6.07) is 1.64. The van der Waals surface area contributed by atoms with Crippen LogP contribution in [0, 0.1) is 10.1 Å². The van der Waals surface area contributed by atoms with E-state index in [4.69, 9.17) is 4.74 Å². The maximum atomic E-state index is 11.2. The largest absolute Gasteiger partial charge is 0.388 e. The molecule has 1 N–H and O–H groups in total. The highest BCUT2D eigenvalue weighted by molar-refractivity contribution is 7.16. The van der Waals surface area contributed by atoms with Crippen LogP contribution in [0.1, 0.15) is 38.2 Å². The first kappa shape index (κ1) is 16.9. The van der Waals surface area contributed by atoms with Crippen LogP contribution in [0.5, 0.6) is 0 Å². The third-order valence-electron chi connectivity index (χ3n) is 3.24. The number of thiophene rings is 1. The monoisotopic (exact) mass is 302 g/mol. The predicted molar refractivity (Wildman–Crippen MR) is 80.6 cm³/mol. The summed E-state index contributed by atoms with van der Waals surface area (Å²) in [5.74, 6) is 0. The lowest BCUT2D eigenvalue weighted by atomic mass is 10.2. The molecule has 2 atom stereocenters. The van der Waals surface area contributed by atoms with Crippen molar-refractivity contribution in [1.82, 2.24) is 0 Å². The van der Waals surface area contributed by atoms with E-state index >= 15 is 0 Å². The number of rotatable bonds is 8. The normalized spacial score (nSPS) is 14.1. The minimum atomic E-state index is -0.700. The van der Waals surface area contributed by atoms with Crippen LogP contribution in [0.15, 0.2) is 6.07 Å². The molecule has 0 saturated carbocycles. The molecule has 1 aromatic rings. The van der Waals surface area contributed by atoms with Gasteiger partial charge in [0, 0.05) is 30.6 Å². The molecular weight excluding hydrogens is 280 g/mol. The van der Waals surface area contributed by atoms with E-state index in [-0.39, 0.29) is 16.7 Å². The summed E-state index contributed by atoms with van der Waals surface area (Å²) in [5, 5.41) is 21.5. The number of methoxy groups -OCH3 is 1. The van der Waals surface area contributed by atoms with Crippen LogP contribution in [-0.4, -0.2) is 36.3 Å². The van der Waals surface area contributed by atoms with Crippen molar-refractivity contribution >= 4 is 22.0 Å². The van der Waals surface area contributed by atoms with Gasteiger partial charge in [-0.05, 0) is 20.3 Å². The summed E-state index contributed by atoms with van der Waals surface area (Å²) in [7, 11) is 1.61. The van der Waals surface area contributed by atoms with E-state index in [2.05, 4.69) is 0 Å². The van der Waals surface area contributed by atoms with Crippen molar-refractivity contribution in [2.45, 2.75) is 39.3 Å². The van der Waals surface area contributed by atoms with Gasteiger partial charge < -0.3 is 14.7 Å². The molecule has 0 amide bonds. The standard InChI is InChI=1S/C13H22N2O4S/c1-5-9(2)14(6-7-19-4)13-11(15(17)18)8-12(20-13)10(3)16/h8-10,16H,5-7H2,1-4H3/t9?,10-/m1/s1. The Balaban J connectivity index is 3.19. The van der Waals surface area contributed by atoms with Crippen LogP contribution in [-0.2, 0) is 4.74 Å². The van der Waals surface area contributed by atoms with Gasteiger partial charge in [0.2, 0.25) is 0 Å². The Labute approximate surface area is 123 Å². The van der Waals surface area contributed by atoms with Gasteiger partial charge in [-0.2, -0.15) is 0 Å². The van der Waals surface area contributed by atoms with E-state index in [0.29, 0.717) is 23.0 Å². The fourth-order valence-corrected chi connectivity index (χ4v) is 3.06. The smallest absolute Gasteiger partial charge is 0.304 e. The van der Waals surface area contributed by atoms with Gasteiger partial charge in [-0.3, -0.25) is 10.1 Å². The molecule has 1 heterocycles. The van der Waals surface area contributed by atoms with Crippen LogP contribution in [0.25, 0.3) is 0 Å². The van der Waals surface area contributed by atoms with Crippen molar-refractivity contribution in [1.29, 1.82) is 0 Å². The molecular formula is C13H22N2O4S. The van der Waals surface area contributed by atoms with Gasteiger partial charge in [0.1, 0.15) is 0 Å². The molecule has 1 aromatic heterocycles. The van der Waals surface area contributed by atoms with E-state index in [1.54, 1.807) is 14.0 Å². The van der Waals surface area contributed by atoms with Crippen molar-refractivity contribution in [3.63, 3.8) is 0 Å². The maximum Gasteiger partial charge on any atom is 0.304 e. The van der Waals surface area contributed by atoms with Crippen molar-refractivity contribution in [3.05, 3.63) is 21.1 Å². The van der Waals surface area contributed by atoms with Gasteiger partial charge >= 0.3 is 5.69 Å². The average molecular weight is 302 g/mol. The van der Waals surface area contributed by atoms with E-state index in [1.807, 2.05) is 18.7 Å². The highest BCUT2D eigenvalue weighted by Crippen LogP contribution is 2.41. The van der Waals surface area contributed by atoms with Crippen LogP contribution in [0.3, 0.4) is 0 Å². The van der Waals surface area contributed by atoms with Gasteiger partial charge in [-0.25, -0.2) is 0 Å². The van der Waals surface area contributed by atoms with Crippen molar-refractivity contribution in [2.75, 3.05) is 25.2 Å². The first-order chi connectivity index (χ1) is 9.42. The number of anilines is 1. The zero-order valence-corrected chi connectivity index (χ0v) is 13.1. The van der Waals surface area contributed by atoms with Crippen LogP contribution >= 0.6 is 11.3 Å². The van der Waals surface area contributed by atoms with Crippen molar-refractivity contribution in [2.24, 2.45) is 0 Å². The van der Waals surface area contributed by atoms with Gasteiger partial charge in [-0.1, -0.05) is 6.92 Å². The second-order valence-corrected chi connectivity index (χ2v) is 5.78. The Bertz CT molecular complexity index is 448. The fourth-order valence-electron chi connectivity index (χ4n) is 1.86. The van der Waals surface area contributed by atoms with E-state index in [0.717, 1.165) is 6.42 Å². The van der Waals surface area contributed by atoms with Gasteiger partial charge in [-0.15, -0.1) is 11.3 Å². The number of ether oxygens (including phenoxy) is 1. The predicted octanol–water partition coefficient (Wildman–Crippen LogP) is 2.96. The molecule has 20 heavy (non-hydrogen) atoms. The minimum absolute atomic E-state index is 0.0577. The topological polar surface area (TPSA) is 75.8 Å². The highest BCUT2D eigenvalue weighted by Gasteiger charge is 2.27. The Morgan fingerprint density at radius 1 is 1.55 bits per heavy atom. The molecule has 0 aromatic carbocycles. The summed E-state index contributed by atoms with van der Waals surface area (Å²) in [5.41, 5.74) is 0.0577. The number of nitrogens with zero attached hydrogens (tertiary/aromatic N) is 2. The molecule has 1 rings (SSSR count). The third kappa shape index (κ3) is 3.91. The molecule has 0 aliphatic heterocycles. The molecule has 1 unspecified atom stereocenters. The van der Waals surface area contributed by atoms with Crippen molar-refractivity contribution < 1.29 is 14.8 Å². The molecule has 0 saturated heterocycles. The maximum absolute atomic E-state index is 11.2. The lowest BCUT2D eigenvalue weighted by Gasteiger charge is -2.28. The average Bonchev–Trinajstić information content (AvgIpc) is 2.84. The van der Waals surface area contributed by atoms with Crippen molar-refractivity contribution in [3.8, 4) is 0 Å². The van der Waals surface area contributed by atoms with Gasteiger partial charge in [0.15, 0.2) is 5.00 Å². The minimum Gasteiger partial charge on any atom is -0.388 e. The second-order valence-electron chi connectivity index (χ2n) is 4.72. The molecule has 7 heteroatoms. The Morgan fingerprint density at radius 2 is 2.20 bits per heavy atom. The van der Waals surface area contributed by atoms with Crippen LogP contribution in [0.2, 0.25) is 0 Å². The molecule has 114 valence electrons. The summed E-state index contributed by atoms with van der Waals surface area (Å²) >= 11 is 1.28. The number of hydrogen-bond acceptors (Lipinski definition) is 6. The van der Waals surface area contributed by atoms with Crippen LogP contribution in [0.4, 0.5) is 10.7 Å². The fraction of sp³-hybridized carbons (Fsp3) is 0.692. The molecule has 0 aliphatic rings. The van der Waals surface area contributed by atoms with Gasteiger partial charge in [0.25, 0.3) is 0 Å². The molecule has 0 radical (unpaired) electrons. The molecule has 0 spiro atoms. The number of aliphatic hydroxyl groups excluding tert-OH is 1. The second kappa shape index (κ2) is 7.56. The van der Waals surface area contributed by atoms with Gasteiger partial charge in [0.05, 0.1) is 17.6 Å². The molecule has 0 fully saturated rings. The third-order valence-corrected chi connectivity index (χ3v) is 4.57.